The van der Waals surface area contributed by atoms with Gasteiger partial charge in [0.1, 0.15) is 0 Å². The van der Waals surface area contributed by atoms with Gasteiger partial charge in [0, 0.05) is 5.02 Å². The zero-order valence-electron chi connectivity index (χ0n) is 7.25. The Kier molecular flexibility index (Phi) is 4.49. The molecule has 0 aromatic heterocycles. The fourth-order valence-corrected chi connectivity index (χ4v) is 1.96. The molecule has 0 N–H and O–H groups in total. The first-order valence-corrected chi connectivity index (χ1v) is 6.89. The van der Waals surface area contributed by atoms with E-state index in [1.165, 1.54) is 18.2 Å². The summed E-state index contributed by atoms with van der Waals surface area (Å²) < 4.78 is 24.6. The minimum Gasteiger partial charge on any atom is -0.378 e. The first kappa shape index (κ1) is 14.5. The Hall–Kier alpha value is 0.420. The zero-order valence-corrected chi connectivity index (χ0v) is 11.9. The third kappa shape index (κ3) is 3.45. The van der Waals surface area contributed by atoms with Crippen LogP contribution in [-0.4, -0.2) is 11.5 Å². The van der Waals surface area contributed by atoms with Crippen LogP contribution in [0.15, 0.2) is 18.2 Å². The Morgan fingerprint density at radius 3 is 2.12 bits per heavy atom. The molecule has 0 radical (unpaired) electrons. The summed E-state index contributed by atoms with van der Waals surface area (Å²) in [5.74, 6) is -0.169. The fraction of sp³-hybridized carbons (Fsp3) is 0.143. The van der Waals surface area contributed by atoms with Crippen molar-refractivity contribution in [3.63, 3.8) is 0 Å². The van der Waals surface area contributed by atoms with Gasteiger partial charge >= 0.3 is 13.2 Å². The molecule has 0 bridgehead atoms. The predicted octanol–water partition coefficient (Wildman–Crippen LogP) is 4.03. The van der Waals surface area contributed by atoms with Gasteiger partial charge in [-0.2, -0.15) is 8.42 Å². The van der Waals surface area contributed by atoms with Gasteiger partial charge in [0.15, 0.2) is 5.75 Å². The van der Waals surface area contributed by atoms with Crippen molar-refractivity contribution < 1.29 is 12.6 Å². The molecule has 0 fully saturated rings. The monoisotopic (exact) mass is 342 g/mol. The maximum absolute atomic E-state index is 11.3. The van der Waals surface area contributed by atoms with Crippen molar-refractivity contribution in [2.75, 3.05) is 0 Å². The van der Waals surface area contributed by atoms with E-state index in [-0.39, 0.29) is 10.8 Å². The lowest BCUT2D eigenvalue weighted by molar-refractivity contribution is 0.486. The van der Waals surface area contributed by atoms with Gasteiger partial charge in [-0.15, -0.1) is 0 Å². The van der Waals surface area contributed by atoms with Gasteiger partial charge in [0.25, 0.3) is 0 Å². The second kappa shape index (κ2) is 4.96. The van der Waals surface area contributed by atoms with Gasteiger partial charge in [0.05, 0.1) is 5.02 Å². The van der Waals surface area contributed by atoms with Crippen molar-refractivity contribution in [1.82, 2.24) is 0 Å². The number of halogens is 5. The lowest BCUT2D eigenvalue weighted by atomic mass is 10.3. The van der Waals surface area contributed by atoms with E-state index in [4.69, 9.17) is 58.0 Å². The summed E-state index contributed by atoms with van der Waals surface area (Å²) in [6, 6.07) is 3.93. The van der Waals surface area contributed by atoms with Crippen LogP contribution < -0.4 is 4.18 Å². The molecule has 0 unspecified atom stereocenters. The molecule has 1 aromatic rings. The van der Waals surface area contributed by atoms with Crippen molar-refractivity contribution in [3.8, 4) is 5.75 Å². The molecule has 0 aliphatic carbocycles. The Morgan fingerprint density at radius 1 is 1.12 bits per heavy atom. The quantitative estimate of drug-likeness (QED) is 0.601. The lowest BCUT2D eigenvalue weighted by Gasteiger charge is -2.13. The third-order valence-corrected chi connectivity index (χ3v) is 4.57. The molecule has 0 spiro atoms. The van der Waals surface area contributed by atoms with Crippen LogP contribution in [0.25, 0.3) is 0 Å². The summed E-state index contributed by atoms with van der Waals surface area (Å²) in [4.78, 5) is 0. The summed E-state index contributed by atoms with van der Waals surface area (Å²) in [7, 11) is -4.42. The minimum atomic E-state index is -4.42. The normalized spacial score (nSPS) is 12.6. The van der Waals surface area contributed by atoms with Gasteiger partial charge in [0.2, 0.25) is 0 Å². The highest BCUT2D eigenvalue weighted by atomic mass is 35.6. The maximum Gasteiger partial charge on any atom is 0.359 e. The molecular formula is C7H3Cl5O3S. The highest BCUT2D eigenvalue weighted by Crippen LogP contribution is 2.37. The van der Waals surface area contributed by atoms with Crippen LogP contribution in [0.4, 0.5) is 0 Å². The number of rotatable bonds is 2. The first-order chi connectivity index (χ1) is 7.13. The standard InChI is InChI=1S/C7H3Cl5O3S/c8-4-1-2-6(5(9)3-4)15-16(13,14)7(10,11)12/h1-3H. The van der Waals surface area contributed by atoms with E-state index in [0.29, 0.717) is 5.02 Å². The van der Waals surface area contributed by atoms with E-state index in [0.717, 1.165) is 0 Å². The molecule has 0 aliphatic rings. The minimum absolute atomic E-state index is 0.00896. The van der Waals surface area contributed by atoms with Crippen LogP contribution in [0.1, 0.15) is 0 Å². The van der Waals surface area contributed by atoms with Crippen LogP contribution >= 0.6 is 58.0 Å². The van der Waals surface area contributed by atoms with Crippen LogP contribution in [0.2, 0.25) is 10.0 Å². The van der Waals surface area contributed by atoms with E-state index in [1.807, 2.05) is 0 Å². The number of alkyl halides is 3. The predicted molar refractivity (Wildman–Crippen MR) is 66.3 cm³/mol. The molecule has 0 atom stereocenters. The Bertz CT molecular complexity index is 493. The van der Waals surface area contributed by atoms with Gasteiger partial charge in [-0.25, -0.2) is 0 Å². The topological polar surface area (TPSA) is 43.4 Å². The van der Waals surface area contributed by atoms with Crippen molar-refractivity contribution >= 4 is 68.1 Å². The van der Waals surface area contributed by atoms with Gasteiger partial charge in [-0.3, -0.25) is 0 Å². The number of hydrogen-bond acceptors (Lipinski definition) is 3. The SMILES string of the molecule is O=S(=O)(Oc1ccc(Cl)cc1Cl)C(Cl)(Cl)Cl. The van der Waals surface area contributed by atoms with E-state index < -0.39 is 13.2 Å². The van der Waals surface area contributed by atoms with E-state index >= 15 is 0 Å². The van der Waals surface area contributed by atoms with Crippen molar-refractivity contribution in [3.05, 3.63) is 28.2 Å². The molecule has 1 aromatic carbocycles. The Labute approximate surface area is 117 Å². The summed E-state index contributed by atoms with van der Waals surface area (Å²) in [5.41, 5.74) is 0. The maximum atomic E-state index is 11.3. The Balaban J connectivity index is 3.07. The molecule has 0 heterocycles. The molecule has 3 nitrogen and oxygen atoms in total. The molecule has 0 aliphatic heterocycles. The smallest absolute Gasteiger partial charge is 0.359 e. The number of hydrogen-bond donors (Lipinski definition) is 0. The molecule has 90 valence electrons. The van der Waals surface area contributed by atoms with Crippen LogP contribution in [0.3, 0.4) is 0 Å². The highest BCUT2D eigenvalue weighted by molar-refractivity contribution is 7.93. The average Bonchev–Trinajstić information content (AvgIpc) is 2.08. The summed E-state index contributed by atoms with van der Waals surface area (Å²) in [5, 5.41) is 0.314. The highest BCUT2D eigenvalue weighted by Gasteiger charge is 2.40. The summed E-state index contributed by atoms with van der Waals surface area (Å²) in [6.07, 6.45) is 0. The van der Waals surface area contributed by atoms with E-state index in [1.54, 1.807) is 0 Å². The van der Waals surface area contributed by atoms with Crippen LogP contribution in [0, 0.1) is 0 Å². The first-order valence-electron chi connectivity index (χ1n) is 3.59. The second-order valence-electron chi connectivity index (χ2n) is 2.56. The summed E-state index contributed by atoms with van der Waals surface area (Å²) in [6.45, 7) is 0. The van der Waals surface area contributed by atoms with Crippen molar-refractivity contribution in [2.45, 2.75) is 3.12 Å². The molecule has 0 saturated heterocycles. The van der Waals surface area contributed by atoms with Crippen LogP contribution in [-0.2, 0) is 10.1 Å². The fourth-order valence-electron chi connectivity index (χ4n) is 0.708. The van der Waals surface area contributed by atoms with E-state index in [9.17, 15) is 8.42 Å². The molecule has 0 saturated carbocycles. The van der Waals surface area contributed by atoms with Crippen LogP contribution in [0.5, 0.6) is 5.75 Å². The molecular weight excluding hydrogens is 341 g/mol. The van der Waals surface area contributed by atoms with Gasteiger partial charge < -0.3 is 4.18 Å². The third-order valence-electron chi connectivity index (χ3n) is 1.38. The van der Waals surface area contributed by atoms with Gasteiger partial charge in [-0.1, -0.05) is 58.0 Å². The molecule has 9 heteroatoms. The molecule has 1 rings (SSSR count). The summed E-state index contributed by atoms with van der Waals surface area (Å²) >= 11 is 26.9. The second-order valence-corrected chi connectivity index (χ2v) is 8.04. The van der Waals surface area contributed by atoms with Crippen molar-refractivity contribution in [1.29, 1.82) is 0 Å². The lowest BCUT2D eigenvalue weighted by Crippen LogP contribution is -2.25. The zero-order chi connectivity index (χ0) is 12.6. The van der Waals surface area contributed by atoms with Gasteiger partial charge in [-0.05, 0) is 18.2 Å². The molecule has 0 amide bonds. The molecule has 16 heavy (non-hydrogen) atoms. The largest absolute Gasteiger partial charge is 0.378 e. The van der Waals surface area contributed by atoms with E-state index in [2.05, 4.69) is 4.18 Å². The number of benzene rings is 1. The average molecular weight is 344 g/mol. The Morgan fingerprint density at radius 2 is 1.69 bits per heavy atom. The van der Waals surface area contributed by atoms with Crippen molar-refractivity contribution in [2.24, 2.45) is 0 Å².